The summed E-state index contributed by atoms with van der Waals surface area (Å²) in [6.07, 6.45) is 11.3. The molecule has 0 amide bonds. The highest BCUT2D eigenvalue weighted by Gasteiger charge is 2.05. The lowest BCUT2D eigenvalue weighted by atomic mass is 10.4. The van der Waals surface area contributed by atoms with Gasteiger partial charge >= 0.3 is 0 Å². The number of allylic oxidation sites excluding steroid dienone is 2. The van der Waals surface area contributed by atoms with Crippen LogP contribution in [0.25, 0.3) is 12.3 Å². The molecule has 0 saturated carbocycles. The highest BCUT2D eigenvalue weighted by molar-refractivity contribution is 5.82. The normalized spacial score (nSPS) is 13.2. The molecule has 0 aromatic carbocycles. The Bertz CT molecular complexity index is 655. The predicted octanol–water partition coefficient (Wildman–Crippen LogP) is 2.43. The summed E-state index contributed by atoms with van der Waals surface area (Å²) in [7, 11) is 0. The fourth-order valence-electron chi connectivity index (χ4n) is 1.87. The van der Waals surface area contributed by atoms with E-state index in [9.17, 15) is 0 Å². The average Bonchev–Trinajstić information content (AvgIpc) is 2.99. The van der Waals surface area contributed by atoms with Crippen LogP contribution in [-0.4, -0.2) is 41.8 Å². The number of aromatic nitrogens is 2. The first-order valence-corrected chi connectivity index (χ1v) is 8.21. The van der Waals surface area contributed by atoms with Crippen LogP contribution in [-0.2, 0) is 11.3 Å². The zero-order chi connectivity index (χ0) is 18.5. The topological polar surface area (TPSA) is 89.8 Å². The highest BCUT2D eigenvalue weighted by Crippen LogP contribution is 2.09. The van der Waals surface area contributed by atoms with Crippen LogP contribution in [0.2, 0.25) is 0 Å². The zero-order valence-corrected chi connectivity index (χ0v) is 15.3. The van der Waals surface area contributed by atoms with Crippen molar-refractivity contribution in [1.29, 1.82) is 0 Å². The van der Waals surface area contributed by atoms with E-state index in [1.807, 2.05) is 56.0 Å². The van der Waals surface area contributed by atoms with Crippen molar-refractivity contribution in [3.05, 3.63) is 41.8 Å². The Morgan fingerprint density at radius 2 is 2.32 bits per heavy atom. The molecule has 7 heteroatoms. The zero-order valence-electron chi connectivity index (χ0n) is 15.3. The van der Waals surface area contributed by atoms with Crippen molar-refractivity contribution in [3.63, 3.8) is 0 Å². The summed E-state index contributed by atoms with van der Waals surface area (Å²) in [6.45, 7) is 11.5. The number of rotatable bonds is 11. The minimum Gasteiger partial charge on any atom is -0.386 e. The molecular formula is C18H28N6O. The van der Waals surface area contributed by atoms with Gasteiger partial charge in [0.05, 0.1) is 36.9 Å². The van der Waals surface area contributed by atoms with Crippen molar-refractivity contribution in [3.8, 4) is 0 Å². The standard InChI is InChI=1S/C18H28N6O/c1-5-8-18-23-12-16(14-25-6-2)24(18)10-7-9-21-13-17(19)22-11-15(3)20-4/h5,7-8,10-12,21H,4,6,9,13-14H2,1-3H3,(H2,19,22)/b8-5-,10-7+,15-11-. The number of hydrogen-bond acceptors (Lipinski definition) is 5. The molecule has 0 aliphatic rings. The van der Waals surface area contributed by atoms with Crippen LogP contribution in [0, 0.1) is 0 Å². The third-order valence-electron chi connectivity index (χ3n) is 3.16. The molecule has 3 N–H and O–H groups in total. The molecule has 1 heterocycles. The van der Waals surface area contributed by atoms with E-state index in [-0.39, 0.29) is 0 Å². The van der Waals surface area contributed by atoms with E-state index < -0.39 is 0 Å². The van der Waals surface area contributed by atoms with Crippen LogP contribution >= 0.6 is 0 Å². The van der Waals surface area contributed by atoms with Gasteiger partial charge in [-0.05, 0) is 33.6 Å². The molecular weight excluding hydrogens is 316 g/mol. The number of nitrogens with one attached hydrogen (secondary N) is 1. The van der Waals surface area contributed by atoms with Crippen molar-refractivity contribution >= 4 is 24.8 Å². The molecule has 136 valence electrons. The van der Waals surface area contributed by atoms with Gasteiger partial charge in [0.1, 0.15) is 11.7 Å². The van der Waals surface area contributed by atoms with Gasteiger partial charge in [-0.1, -0.05) is 12.2 Å². The van der Waals surface area contributed by atoms with Gasteiger partial charge in [0.15, 0.2) is 0 Å². The number of nitrogens with two attached hydrogens (primary N) is 1. The lowest BCUT2D eigenvalue weighted by Gasteiger charge is -2.06. The van der Waals surface area contributed by atoms with Gasteiger partial charge in [0, 0.05) is 19.4 Å². The third kappa shape index (κ3) is 7.73. The number of imidazole rings is 1. The van der Waals surface area contributed by atoms with Crippen LogP contribution in [0.3, 0.4) is 0 Å². The Morgan fingerprint density at radius 3 is 3.00 bits per heavy atom. The van der Waals surface area contributed by atoms with Gasteiger partial charge < -0.3 is 20.4 Å². The summed E-state index contributed by atoms with van der Waals surface area (Å²) >= 11 is 0. The Morgan fingerprint density at radius 1 is 1.52 bits per heavy atom. The number of hydrogen-bond donors (Lipinski definition) is 2. The molecule has 0 spiro atoms. The molecule has 0 aliphatic heterocycles. The first kappa shape index (κ1) is 20.5. The Kier molecular flexibility index (Phi) is 9.81. The molecule has 0 saturated heterocycles. The van der Waals surface area contributed by atoms with Crippen LogP contribution in [0.15, 0.2) is 40.2 Å². The van der Waals surface area contributed by atoms with E-state index in [1.165, 1.54) is 0 Å². The van der Waals surface area contributed by atoms with Crippen molar-refractivity contribution in [1.82, 2.24) is 14.9 Å². The molecule has 0 bridgehead atoms. The van der Waals surface area contributed by atoms with E-state index in [1.54, 1.807) is 6.20 Å². The lowest BCUT2D eigenvalue weighted by molar-refractivity contribution is 0.130. The summed E-state index contributed by atoms with van der Waals surface area (Å²) < 4.78 is 7.49. The molecule has 0 fully saturated rings. The van der Waals surface area contributed by atoms with Gasteiger partial charge in [-0.25, -0.2) is 9.98 Å². The molecule has 0 aliphatic carbocycles. The molecule has 0 radical (unpaired) electrons. The van der Waals surface area contributed by atoms with Gasteiger partial charge in [-0.15, -0.1) is 0 Å². The summed E-state index contributed by atoms with van der Waals surface area (Å²) in [4.78, 5) is 12.2. The Hall–Kier alpha value is -2.51. The van der Waals surface area contributed by atoms with Gasteiger partial charge in [-0.3, -0.25) is 4.99 Å². The first-order chi connectivity index (χ1) is 12.1. The summed E-state index contributed by atoms with van der Waals surface area (Å²) in [5.74, 6) is 1.36. The van der Waals surface area contributed by atoms with Crippen molar-refractivity contribution in [2.75, 3.05) is 19.7 Å². The fraction of sp³-hybridized carbons (Fsp3) is 0.389. The minimum atomic E-state index is 0.489. The minimum absolute atomic E-state index is 0.489. The summed E-state index contributed by atoms with van der Waals surface area (Å²) in [6, 6.07) is 0. The molecule has 1 aromatic heterocycles. The molecule has 0 atom stereocenters. The quantitative estimate of drug-likeness (QED) is 0.366. The van der Waals surface area contributed by atoms with Crippen LogP contribution in [0.4, 0.5) is 0 Å². The maximum Gasteiger partial charge on any atom is 0.136 e. The van der Waals surface area contributed by atoms with E-state index in [0.29, 0.717) is 32.1 Å². The SMILES string of the molecule is C=N/C(C)=C\N=C(N)CNC/C=C/n1c(COCC)cnc1/C=C\C. The fourth-order valence-corrected chi connectivity index (χ4v) is 1.87. The van der Waals surface area contributed by atoms with Gasteiger partial charge in [0.2, 0.25) is 0 Å². The molecule has 25 heavy (non-hydrogen) atoms. The summed E-state index contributed by atoms with van der Waals surface area (Å²) in [5, 5.41) is 3.20. The van der Waals surface area contributed by atoms with Crippen LogP contribution in [0.1, 0.15) is 32.3 Å². The second-order valence-corrected chi connectivity index (χ2v) is 5.18. The largest absolute Gasteiger partial charge is 0.386 e. The molecule has 1 rings (SSSR count). The smallest absolute Gasteiger partial charge is 0.136 e. The first-order valence-electron chi connectivity index (χ1n) is 8.21. The van der Waals surface area contributed by atoms with Crippen molar-refractivity contribution < 1.29 is 4.74 Å². The Labute approximate surface area is 149 Å². The second kappa shape index (κ2) is 11.9. The van der Waals surface area contributed by atoms with E-state index in [4.69, 9.17) is 10.5 Å². The maximum atomic E-state index is 5.81. The highest BCUT2D eigenvalue weighted by atomic mass is 16.5. The van der Waals surface area contributed by atoms with Crippen molar-refractivity contribution in [2.24, 2.45) is 15.7 Å². The molecule has 1 aromatic rings. The van der Waals surface area contributed by atoms with E-state index in [0.717, 1.165) is 17.2 Å². The van der Waals surface area contributed by atoms with Crippen LogP contribution in [0.5, 0.6) is 0 Å². The second-order valence-electron chi connectivity index (χ2n) is 5.18. The maximum absolute atomic E-state index is 5.81. The number of nitrogens with zero attached hydrogens (tertiary/aromatic N) is 4. The van der Waals surface area contributed by atoms with Gasteiger partial charge in [-0.2, -0.15) is 0 Å². The van der Waals surface area contributed by atoms with Crippen molar-refractivity contribution in [2.45, 2.75) is 27.4 Å². The Balaban J connectivity index is 2.60. The molecule has 7 nitrogen and oxygen atoms in total. The number of aliphatic imine (C=N–C) groups is 2. The number of amidine groups is 1. The molecule has 0 unspecified atom stereocenters. The third-order valence-corrected chi connectivity index (χ3v) is 3.16. The average molecular weight is 344 g/mol. The monoisotopic (exact) mass is 344 g/mol. The van der Waals surface area contributed by atoms with Gasteiger partial charge in [0.25, 0.3) is 0 Å². The van der Waals surface area contributed by atoms with E-state index >= 15 is 0 Å². The lowest BCUT2D eigenvalue weighted by Crippen LogP contribution is -2.28. The van der Waals surface area contributed by atoms with E-state index in [2.05, 4.69) is 27.0 Å². The van der Waals surface area contributed by atoms with Crippen LogP contribution < -0.4 is 11.1 Å². The predicted molar refractivity (Wildman–Crippen MR) is 105 cm³/mol. The summed E-state index contributed by atoms with van der Waals surface area (Å²) in [5.41, 5.74) is 7.54. The number of ether oxygens (including phenoxy) is 1.